The largest absolute Gasteiger partial charge is 0.381 e. The van der Waals surface area contributed by atoms with Crippen molar-refractivity contribution in [1.29, 1.82) is 0 Å². The fourth-order valence-corrected chi connectivity index (χ4v) is 5.24. The van der Waals surface area contributed by atoms with Crippen LogP contribution in [-0.4, -0.2) is 81.8 Å². The van der Waals surface area contributed by atoms with Gasteiger partial charge in [-0.05, 0) is 26.2 Å². The molecule has 1 N–H and O–H groups in total. The molecule has 0 bridgehead atoms. The average molecular weight is 472 g/mol. The first-order valence-corrected chi connectivity index (χ1v) is 10.2. The zero-order valence-electron chi connectivity index (χ0n) is 14.4. The van der Waals surface area contributed by atoms with E-state index in [1.807, 2.05) is 0 Å². The molecule has 140 valence electrons. The lowest BCUT2D eigenvalue weighted by molar-refractivity contribution is 0.156. The summed E-state index contributed by atoms with van der Waals surface area (Å²) >= 11 is 0. The molecule has 0 aromatic heterocycles. The number of likely N-dealkylation sites (tertiary alicyclic amines) is 1. The second-order valence-electron chi connectivity index (χ2n) is 6.78. The zero-order valence-corrected chi connectivity index (χ0v) is 17.5. The molecule has 7 nitrogen and oxygen atoms in total. The van der Waals surface area contributed by atoms with Gasteiger partial charge in [-0.1, -0.05) is 0 Å². The molecule has 3 aliphatic heterocycles. The number of sulfonamides is 1. The van der Waals surface area contributed by atoms with Crippen LogP contribution in [0.15, 0.2) is 4.99 Å². The topological polar surface area (TPSA) is 74.2 Å². The van der Waals surface area contributed by atoms with Crippen LogP contribution in [0.25, 0.3) is 0 Å². The van der Waals surface area contributed by atoms with Crippen LogP contribution in [0.4, 0.5) is 0 Å². The van der Waals surface area contributed by atoms with Crippen molar-refractivity contribution in [3.63, 3.8) is 0 Å². The van der Waals surface area contributed by atoms with Crippen LogP contribution in [0.1, 0.15) is 26.2 Å². The molecule has 1 unspecified atom stereocenters. The molecule has 9 heteroatoms. The van der Waals surface area contributed by atoms with Gasteiger partial charge in [-0.25, -0.2) is 12.7 Å². The lowest BCUT2D eigenvalue weighted by Gasteiger charge is -2.25. The summed E-state index contributed by atoms with van der Waals surface area (Å²) < 4.78 is 30.8. The van der Waals surface area contributed by atoms with Gasteiger partial charge in [0.25, 0.3) is 0 Å². The van der Waals surface area contributed by atoms with Gasteiger partial charge in [0, 0.05) is 44.7 Å². The summed E-state index contributed by atoms with van der Waals surface area (Å²) in [5, 5.41) is 3.34. The third kappa shape index (κ3) is 4.53. The maximum absolute atomic E-state index is 11.8. The van der Waals surface area contributed by atoms with Crippen LogP contribution in [0.3, 0.4) is 0 Å². The van der Waals surface area contributed by atoms with Crippen molar-refractivity contribution in [2.75, 3.05) is 58.2 Å². The van der Waals surface area contributed by atoms with E-state index in [1.54, 1.807) is 4.31 Å². The predicted molar refractivity (Wildman–Crippen MR) is 105 cm³/mol. The number of hydrogen-bond donors (Lipinski definition) is 1. The number of ether oxygens (including phenoxy) is 1. The van der Waals surface area contributed by atoms with Gasteiger partial charge in [0.05, 0.1) is 18.9 Å². The van der Waals surface area contributed by atoms with E-state index in [-0.39, 0.29) is 29.7 Å². The summed E-state index contributed by atoms with van der Waals surface area (Å²) in [6.45, 7) is 8.23. The number of aliphatic imine (C=N–C) groups is 1. The summed E-state index contributed by atoms with van der Waals surface area (Å²) in [4.78, 5) is 6.97. The predicted octanol–water partition coefficient (Wildman–Crippen LogP) is 0.718. The van der Waals surface area contributed by atoms with Crippen molar-refractivity contribution in [3.05, 3.63) is 0 Å². The van der Waals surface area contributed by atoms with Crippen molar-refractivity contribution in [3.8, 4) is 0 Å². The number of hydrogen-bond acceptors (Lipinski definition) is 4. The molecule has 24 heavy (non-hydrogen) atoms. The first kappa shape index (κ1) is 20.2. The van der Waals surface area contributed by atoms with Crippen molar-refractivity contribution in [2.24, 2.45) is 10.4 Å². The summed E-state index contributed by atoms with van der Waals surface area (Å²) in [6.07, 6.45) is 3.02. The Morgan fingerprint density at radius 3 is 2.79 bits per heavy atom. The Morgan fingerprint density at radius 2 is 2.17 bits per heavy atom. The van der Waals surface area contributed by atoms with Gasteiger partial charge in [0.2, 0.25) is 10.0 Å². The molecule has 3 rings (SSSR count). The van der Waals surface area contributed by atoms with E-state index < -0.39 is 10.0 Å². The van der Waals surface area contributed by atoms with Crippen LogP contribution < -0.4 is 5.32 Å². The van der Waals surface area contributed by atoms with Crippen molar-refractivity contribution in [2.45, 2.75) is 26.2 Å². The Labute approximate surface area is 162 Å². The minimum Gasteiger partial charge on any atom is -0.381 e. The van der Waals surface area contributed by atoms with E-state index in [4.69, 9.17) is 4.74 Å². The molecule has 0 amide bonds. The van der Waals surface area contributed by atoms with E-state index in [0.29, 0.717) is 25.0 Å². The fourth-order valence-electron chi connectivity index (χ4n) is 3.72. The first-order chi connectivity index (χ1) is 11.0. The SMILES string of the molecule is CCNC(=NCCN1CCCS1(=O)=O)N1CCC2(CCOC2)C1.I. The monoisotopic (exact) mass is 472 g/mol. The Bertz CT molecular complexity index is 549. The second-order valence-corrected chi connectivity index (χ2v) is 8.87. The van der Waals surface area contributed by atoms with Gasteiger partial charge in [0.1, 0.15) is 0 Å². The van der Waals surface area contributed by atoms with E-state index in [1.165, 1.54) is 0 Å². The Hall–Kier alpha value is -0.130. The highest BCUT2D eigenvalue weighted by Gasteiger charge is 2.42. The zero-order chi connectivity index (χ0) is 16.3. The van der Waals surface area contributed by atoms with Crippen LogP contribution >= 0.6 is 24.0 Å². The molecule has 0 radical (unpaired) electrons. The molecule has 3 aliphatic rings. The number of guanidine groups is 1. The summed E-state index contributed by atoms with van der Waals surface area (Å²) in [5.74, 6) is 1.19. The molecule has 0 saturated carbocycles. The van der Waals surface area contributed by atoms with Crippen LogP contribution in [0.5, 0.6) is 0 Å². The number of nitrogens with zero attached hydrogens (tertiary/aromatic N) is 3. The highest BCUT2D eigenvalue weighted by Crippen LogP contribution is 2.38. The van der Waals surface area contributed by atoms with Crippen molar-refractivity contribution >= 4 is 40.0 Å². The molecule has 3 heterocycles. The number of nitrogens with one attached hydrogen (secondary N) is 1. The molecule has 0 aromatic carbocycles. The Kier molecular flexibility index (Phi) is 7.15. The molecule has 1 atom stereocenters. The number of halogens is 1. The lowest BCUT2D eigenvalue weighted by atomic mass is 9.87. The molecular weight excluding hydrogens is 443 g/mol. The maximum atomic E-state index is 11.8. The average Bonchev–Trinajstić information content (AvgIpc) is 3.22. The standard InChI is InChI=1S/C15H28N4O3S.HI/c1-2-16-14(17-6-9-19-7-3-11-23(19,20)21)18-8-4-15(12-18)5-10-22-13-15;/h2-13H2,1H3,(H,16,17);1H. The van der Waals surface area contributed by atoms with Gasteiger partial charge in [-0.15, -0.1) is 24.0 Å². The van der Waals surface area contributed by atoms with E-state index in [0.717, 1.165) is 58.1 Å². The minimum absolute atomic E-state index is 0. The summed E-state index contributed by atoms with van der Waals surface area (Å²) in [6, 6.07) is 0. The van der Waals surface area contributed by atoms with Gasteiger partial charge < -0.3 is 15.0 Å². The molecule has 3 fully saturated rings. The molecule has 0 aliphatic carbocycles. The third-order valence-corrected chi connectivity index (χ3v) is 7.03. The van der Waals surface area contributed by atoms with Crippen LogP contribution in [-0.2, 0) is 14.8 Å². The van der Waals surface area contributed by atoms with Crippen LogP contribution in [0, 0.1) is 5.41 Å². The van der Waals surface area contributed by atoms with E-state index >= 15 is 0 Å². The van der Waals surface area contributed by atoms with Crippen LogP contribution in [0.2, 0.25) is 0 Å². The normalized spacial score (nSPS) is 30.0. The van der Waals surface area contributed by atoms with E-state index in [2.05, 4.69) is 22.1 Å². The van der Waals surface area contributed by atoms with Gasteiger partial charge in [-0.3, -0.25) is 4.99 Å². The number of rotatable bonds is 4. The summed E-state index contributed by atoms with van der Waals surface area (Å²) in [7, 11) is -3.02. The quantitative estimate of drug-likeness (QED) is 0.371. The van der Waals surface area contributed by atoms with Gasteiger partial charge >= 0.3 is 0 Å². The second kappa shape index (κ2) is 8.50. The summed E-state index contributed by atoms with van der Waals surface area (Å²) in [5.41, 5.74) is 0.300. The molecular formula is C15H29IN4O3S. The van der Waals surface area contributed by atoms with Gasteiger partial charge in [0.15, 0.2) is 5.96 Å². The van der Waals surface area contributed by atoms with E-state index in [9.17, 15) is 8.42 Å². The molecule has 0 aromatic rings. The third-order valence-electron chi connectivity index (χ3n) is 5.07. The Morgan fingerprint density at radius 1 is 1.33 bits per heavy atom. The Balaban J connectivity index is 0.00000208. The van der Waals surface area contributed by atoms with Crippen molar-refractivity contribution < 1.29 is 13.2 Å². The van der Waals surface area contributed by atoms with Gasteiger partial charge in [-0.2, -0.15) is 0 Å². The first-order valence-electron chi connectivity index (χ1n) is 8.64. The maximum Gasteiger partial charge on any atom is 0.214 e. The highest BCUT2D eigenvalue weighted by molar-refractivity contribution is 14.0. The fraction of sp³-hybridized carbons (Fsp3) is 0.933. The highest BCUT2D eigenvalue weighted by atomic mass is 127. The lowest BCUT2D eigenvalue weighted by Crippen LogP contribution is -2.42. The smallest absolute Gasteiger partial charge is 0.214 e. The van der Waals surface area contributed by atoms with Crippen molar-refractivity contribution in [1.82, 2.24) is 14.5 Å². The minimum atomic E-state index is -3.02. The molecule has 1 spiro atoms. The molecule has 3 saturated heterocycles.